The van der Waals surface area contributed by atoms with E-state index in [0.717, 1.165) is 0 Å². The molecule has 1 aliphatic heterocycles. The van der Waals surface area contributed by atoms with Crippen molar-refractivity contribution < 1.29 is 19.4 Å². The normalized spacial score (nSPS) is 22.1. The fourth-order valence-corrected chi connectivity index (χ4v) is 2.74. The molecule has 1 amide bonds. The molecule has 5 heteroatoms. The van der Waals surface area contributed by atoms with E-state index >= 15 is 0 Å². The third kappa shape index (κ3) is 2.86. The van der Waals surface area contributed by atoms with Gasteiger partial charge in [-0.15, -0.1) is 0 Å². The molecule has 114 valence electrons. The minimum absolute atomic E-state index is 0.385. The Bertz CT molecular complexity index is 535. The predicted octanol–water partition coefficient (Wildman–Crippen LogP) is 3.00. The molecule has 1 heterocycles. The van der Waals surface area contributed by atoms with Crippen molar-refractivity contribution in [1.29, 1.82) is 0 Å². The summed E-state index contributed by atoms with van der Waals surface area (Å²) in [6, 6.07) is 8.89. The number of carbonyl (C=O) groups excluding carboxylic acids is 1. The smallest absolute Gasteiger partial charge is 0.411 e. The Labute approximate surface area is 124 Å². The number of aliphatic carboxylic acids is 1. The Morgan fingerprint density at radius 1 is 1.24 bits per heavy atom. The van der Waals surface area contributed by atoms with E-state index in [1.165, 1.54) is 4.90 Å². The van der Waals surface area contributed by atoms with Gasteiger partial charge in [0, 0.05) is 6.54 Å². The highest BCUT2D eigenvalue weighted by atomic mass is 16.6. The van der Waals surface area contributed by atoms with E-state index in [4.69, 9.17) is 4.74 Å². The second kappa shape index (κ2) is 5.39. The van der Waals surface area contributed by atoms with E-state index < -0.39 is 23.2 Å². The summed E-state index contributed by atoms with van der Waals surface area (Å²) in [4.78, 5) is 25.7. The van der Waals surface area contributed by atoms with E-state index in [1.54, 1.807) is 45.0 Å². The lowest BCUT2D eigenvalue weighted by Gasteiger charge is -2.36. The number of ether oxygens (including phenoxy) is 1. The van der Waals surface area contributed by atoms with Gasteiger partial charge < -0.3 is 9.84 Å². The van der Waals surface area contributed by atoms with Gasteiger partial charge in [-0.05, 0) is 39.2 Å². The summed E-state index contributed by atoms with van der Waals surface area (Å²) in [7, 11) is 0. The van der Waals surface area contributed by atoms with E-state index in [0.29, 0.717) is 24.9 Å². The lowest BCUT2D eigenvalue weighted by Crippen LogP contribution is -2.51. The average molecular weight is 291 g/mol. The van der Waals surface area contributed by atoms with Crippen LogP contribution in [0.25, 0.3) is 0 Å². The summed E-state index contributed by atoms with van der Waals surface area (Å²) in [5.74, 6) is -1.02. The van der Waals surface area contributed by atoms with Crippen LogP contribution in [0.2, 0.25) is 0 Å². The first-order chi connectivity index (χ1) is 9.77. The summed E-state index contributed by atoms with van der Waals surface area (Å²) >= 11 is 0. The summed E-state index contributed by atoms with van der Waals surface area (Å²) in [5, 5.41) is 9.79. The van der Waals surface area contributed by atoms with Crippen molar-refractivity contribution in [1.82, 2.24) is 4.90 Å². The van der Waals surface area contributed by atoms with Gasteiger partial charge in [0.15, 0.2) is 5.54 Å². The second-order valence-electron chi connectivity index (χ2n) is 6.27. The molecule has 1 atom stereocenters. The van der Waals surface area contributed by atoms with Crippen molar-refractivity contribution in [3.8, 4) is 0 Å². The number of carbonyl (C=O) groups is 2. The van der Waals surface area contributed by atoms with Crippen LogP contribution in [0.15, 0.2) is 30.3 Å². The molecule has 1 aromatic carbocycles. The van der Waals surface area contributed by atoms with Crippen molar-refractivity contribution in [3.05, 3.63) is 35.9 Å². The zero-order chi connectivity index (χ0) is 15.7. The zero-order valence-corrected chi connectivity index (χ0v) is 12.6. The van der Waals surface area contributed by atoms with Gasteiger partial charge in [-0.3, -0.25) is 4.90 Å². The highest BCUT2D eigenvalue weighted by Crippen LogP contribution is 2.40. The molecule has 1 aromatic rings. The molecule has 0 radical (unpaired) electrons. The number of benzene rings is 1. The molecule has 1 N–H and O–H groups in total. The lowest BCUT2D eigenvalue weighted by molar-refractivity contribution is -0.150. The summed E-state index contributed by atoms with van der Waals surface area (Å²) < 4.78 is 5.37. The molecule has 1 fully saturated rings. The van der Waals surface area contributed by atoms with Crippen LogP contribution in [-0.4, -0.2) is 34.2 Å². The standard InChI is InChI=1S/C16H21NO4/c1-15(2,3)21-14(20)17-11-7-10-16(17,13(18)19)12-8-5-4-6-9-12/h4-6,8-9H,7,10-11H2,1-3H3,(H,18,19)/t16-/m0/s1. The van der Waals surface area contributed by atoms with Crippen molar-refractivity contribution in [2.75, 3.05) is 6.54 Å². The maximum Gasteiger partial charge on any atom is 0.411 e. The Morgan fingerprint density at radius 2 is 1.86 bits per heavy atom. The fourth-order valence-electron chi connectivity index (χ4n) is 2.74. The number of amides is 1. The van der Waals surface area contributed by atoms with Crippen LogP contribution in [-0.2, 0) is 15.1 Å². The first-order valence-corrected chi connectivity index (χ1v) is 7.07. The third-order valence-corrected chi connectivity index (χ3v) is 3.60. The van der Waals surface area contributed by atoms with Crippen LogP contribution >= 0.6 is 0 Å². The highest BCUT2D eigenvalue weighted by Gasteiger charge is 2.52. The molecule has 0 saturated carbocycles. The number of rotatable bonds is 2. The van der Waals surface area contributed by atoms with Gasteiger partial charge in [0.1, 0.15) is 5.60 Å². The van der Waals surface area contributed by atoms with Crippen LogP contribution in [0.3, 0.4) is 0 Å². The Kier molecular flexibility index (Phi) is 3.94. The third-order valence-electron chi connectivity index (χ3n) is 3.60. The molecular weight excluding hydrogens is 270 g/mol. The SMILES string of the molecule is CC(C)(C)OC(=O)N1CCC[C@@]1(C(=O)O)c1ccccc1. The molecule has 1 saturated heterocycles. The molecule has 0 aliphatic carbocycles. The lowest BCUT2D eigenvalue weighted by atomic mass is 9.87. The minimum Gasteiger partial charge on any atom is -0.479 e. The molecule has 0 aromatic heterocycles. The largest absolute Gasteiger partial charge is 0.479 e. The van der Waals surface area contributed by atoms with Crippen LogP contribution in [0.4, 0.5) is 4.79 Å². The second-order valence-corrected chi connectivity index (χ2v) is 6.27. The Morgan fingerprint density at radius 3 is 2.38 bits per heavy atom. The molecule has 21 heavy (non-hydrogen) atoms. The number of carboxylic acid groups (broad SMARTS) is 1. The van der Waals surface area contributed by atoms with Crippen LogP contribution < -0.4 is 0 Å². The summed E-state index contributed by atoms with van der Waals surface area (Å²) in [6.07, 6.45) is 0.456. The van der Waals surface area contributed by atoms with Gasteiger partial charge in [0.25, 0.3) is 0 Å². The molecule has 2 rings (SSSR count). The summed E-state index contributed by atoms with van der Waals surface area (Å²) in [5.41, 5.74) is -1.37. The Hall–Kier alpha value is -2.04. The van der Waals surface area contributed by atoms with Gasteiger partial charge in [-0.25, -0.2) is 9.59 Å². The van der Waals surface area contributed by atoms with Crippen LogP contribution in [0.1, 0.15) is 39.2 Å². The number of nitrogens with zero attached hydrogens (tertiary/aromatic N) is 1. The van der Waals surface area contributed by atoms with Gasteiger partial charge in [-0.2, -0.15) is 0 Å². The van der Waals surface area contributed by atoms with E-state index in [2.05, 4.69) is 0 Å². The molecule has 5 nitrogen and oxygen atoms in total. The van der Waals surface area contributed by atoms with Crippen molar-refractivity contribution in [3.63, 3.8) is 0 Å². The number of carboxylic acids is 1. The van der Waals surface area contributed by atoms with Gasteiger partial charge >= 0.3 is 12.1 Å². The van der Waals surface area contributed by atoms with Crippen LogP contribution in [0.5, 0.6) is 0 Å². The molecule has 0 spiro atoms. The predicted molar refractivity (Wildman–Crippen MR) is 77.9 cm³/mol. The summed E-state index contributed by atoms with van der Waals surface area (Å²) in [6.45, 7) is 5.69. The number of hydrogen-bond donors (Lipinski definition) is 1. The van der Waals surface area contributed by atoms with Gasteiger partial charge in [0.05, 0.1) is 0 Å². The van der Waals surface area contributed by atoms with Gasteiger partial charge in [-0.1, -0.05) is 30.3 Å². The first kappa shape index (κ1) is 15.4. The number of hydrogen-bond acceptors (Lipinski definition) is 3. The molecule has 0 bridgehead atoms. The zero-order valence-electron chi connectivity index (χ0n) is 12.6. The Balaban J connectivity index is 2.41. The molecular formula is C16H21NO4. The van der Waals surface area contributed by atoms with Crippen LogP contribution in [0, 0.1) is 0 Å². The van der Waals surface area contributed by atoms with Crippen molar-refractivity contribution >= 4 is 12.1 Å². The quantitative estimate of drug-likeness (QED) is 0.909. The van der Waals surface area contributed by atoms with E-state index in [9.17, 15) is 14.7 Å². The fraction of sp³-hybridized carbons (Fsp3) is 0.500. The maximum absolute atomic E-state index is 12.4. The monoisotopic (exact) mass is 291 g/mol. The van der Waals surface area contributed by atoms with E-state index in [1.807, 2.05) is 6.07 Å². The minimum atomic E-state index is -1.33. The first-order valence-electron chi connectivity index (χ1n) is 7.07. The van der Waals surface area contributed by atoms with Gasteiger partial charge in [0.2, 0.25) is 0 Å². The maximum atomic E-state index is 12.4. The molecule has 1 aliphatic rings. The average Bonchev–Trinajstić information content (AvgIpc) is 2.83. The van der Waals surface area contributed by atoms with Crippen molar-refractivity contribution in [2.24, 2.45) is 0 Å². The highest BCUT2D eigenvalue weighted by molar-refractivity contribution is 5.86. The van der Waals surface area contributed by atoms with Crippen molar-refractivity contribution in [2.45, 2.75) is 44.8 Å². The van der Waals surface area contributed by atoms with E-state index in [-0.39, 0.29) is 0 Å². The molecule has 0 unspecified atom stereocenters. The topological polar surface area (TPSA) is 66.8 Å². The number of likely N-dealkylation sites (tertiary alicyclic amines) is 1.